The summed E-state index contributed by atoms with van der Waals surface area (Å²) < 4.78 is 12.9. The zero-order chi connectivity index (χ0) is 13.5. The van der Waals surface area contributed by atoms with Gasteiger partial charge in [-0.15, -0.1) is 6.58 Å². The van der Waals surface area contributed by atoms with Crippen LogP contribution in [0.15, 0.2) is 67.3 Å². The van der Waals surface area contributed by atoms with Crippen LogP contribution in [0, 0.1) is 17.7 Å². The molecular weight excluding hydrogens is 235 g/mol. The highest BCUT2D eigenvalue weighted by molar-refractivity contribution is 5.38. The monoisotopic (exact) mass is 250 g/mol. The zero-order valence-electron chi connectivity index (χ0n) is 10.6. The Balaban J connectivity index is 2.24. The third-order valence-electron chi connectivity index (χ3n) is 2.84. The molecule has 0 amide bonds. The van der Waals surface area contributed by atoms with E-state index in [0.29, 0.717) is 0 Å². The number of hydrogen-bond acceptors (Lipinski definition) is 0. The first-order valence-corrected chi connectivity index (χ1v) is 6.22. The third-order valence-corrected chi connectivity index (χ3v) is 2.84. The van der Waals surface area contributed by atoms with Gasteiger partial charge in [-0.3, -0.25) is 0 Å². The lowest BCUT2D eigenvalue weighted by atomic mass is 9.96. The van der Waals surface area contributed by atoms with E-state index in [0.717, 1.165) is 17.5 Å². The molecule has 2 aromatic rings. The van der Waals surface area contributed by atoms with Gasteiger partial charge in [0.15, 0.2) is 0 Å². The van der Waals surface area contributed by atoms with Gasteiger partial charge in [0.25, 0.3) is 0 Å². The van der Waals surface area contributed by atoms with Crippen molar-refractivity contribution in [2.75, 3.05) is 0 Å². The summed E-state index contributed by atoms with van der Waals surface area (Å²) in [4.78, 5) is 0. The number of benzene rings is 2. The second-order valence-electron chi connectivity index (χ2n) is 4.26. The van der Waals surface area contributed by atoms with E-state index in [1.165, 1.54) is 12.1 Å². The maximum atomic E-state index is 12.9. The highest BCUT2D eigenvalue weighted by atomic mass is 19.1. The van der Waals surface area contributed by atoms with Crippen molar-refractivity contribution < 1.29 is 4.39 Å². The Kier molecular flexibility index (Phi) is 4.53. The first-order valence-electron chi connectivity index (χ1n) is 6.22. The van der Waals surface area contributed by atoms with Crippen molar-refractivity contribution in [3.8, 4) is 11.8 Å². The van der Waals surface area contributed by atoms with Crippen LogP contribution in [0.5, 0.6) is 0 Å². The number of allylic oxidation sites excluding steroid dienone is 1. The molecule has 2 rings (SSSR count). The van der Waals surface area contributed by atoms with Crippen LogP contribution in [0.2, 0.25) is 0 Å². The van der Waals surface area contributed by atoms with Gasteiger partial charge in [0.2, 0.25) is 0 Å². The van der Waals surface area contributed by atoms with Gasteiger partial charge in [-0.25, -0.2) is 4.39 Å². The molecule has 0 aliphatic heterocycles. The number of halogens is 1. The maximum Gasteiger partial charge on any atom is 0.123 e. The topological polar surface area (TPSA) is 0 Å². The van der Waals surface area contributed by atoms with E-state index in [4.69, 9.17) is 0 Å². The van der Waals surface area contributed by atoms with E-state index >= 15 is 0 Å². The quantitative estimate of drug-likeness (QED) is 0.554. The zero-order valence-corrected chi connectivity index (χ0v) is 10.6. The summed E-state index contributed by atoms with van der Waals surface area (Å²) in [6.45, 7) is 3.76. The molecule has 0 spiro atoms. The van der Waals surface area contributed by atoms with Crippen LogP contribution in [0.3, 0.4) is 0 Å². The van der Waals surface area contributed by atoms with Crippen molar-refractivity contribution in [2.45, 2.75) is 12.3 Å². The van der Waals surface area contributed by atoms with Crippen molar-refractivity contribution in [2.24, 2.45) is 0 Å². The summed E-state index contributed by atoms with van der Waals surface area (Å²) in [5.41, 5.74) is 2.00. The van der Waals surface area contributed by atoms with E-state index < -0.39 is 0 Å². The molecule has 0 fully saturated rings. The van der Waals surface area contributed by atoms with Gasteiger partial charge < -0.3 is 0 Å². The van der Waals surface area contributed by atoms with Gasteiger partial charge in [-0.2, -0.15) is 0 Å². The van der Waals surface area contributed by atoms with Crippen molar-refractivity contribution in [1.29, 1.82) is 0 Å². The standard InChI is InChI=1S/C18H15F/c1-2-6-16(17-11-13-18(19)14-12-17)10-9-15-7-4-3-5-8-15/h2-5,7-8,11-14,16H,1,6H2. The Morgan fingerprint density at radius 3 is 2.37 bits per heavy atom. The highest BCUT2D eigenvalue weighted by Gasteiger charge is 2.06. The molecule has 94 valence electrons. The lowest BCUT2D eigenvalue weighted by Crippen LogP contribution is -1.94. The second-order valence-corrected chi connectivity index (χ2v) is 4.26. The van der Waals surface area contributed by atoms with Crippen LogP contribution in [-0.2, 0) is 0 Å². The van der Waals surface area contributed by atoms with Crippen molar-refractivity contribution in [3.63, 3.8) is 0 Å². The van der Waals surface area contributed by atoms with E-state index in [2.05, 4.69) is 18.4 Å². The molecule has 1 heteroatoms. The summed E-state index contributed by atoms with van der Waals surface area (Å²) in [5.74, 6) is 6.21. The van der Waals surface area contributed by atoms with E-state index in [9.17, 15) is 4.39 Å². The van der Waals surface area contributed by atoms with Crippen LogP contribution in [-0.4, -0.2) is 0 Å². The molecule has 0 saturated carbocycles. The van der Waals surface area contributed by atoms with Crippen LogP contribution in [0.1, 0.15) is 23.5 Å². The molecule has 1 atom stereocenters. The van der Waals surface area contributed by atoms with Crippen LogP contribution in [0.25, 0.3) is 0 Å². The number of rotatable bonds is 3. The Bertz CT molecular complexity index is 585. The van der Waals surface area contributed by atoms with Gasteiger partial charge in [0, 0.05) is 11.5 Å². The summed E-state index contributed by atoms with van der Waals surface area (Å²) in [5, 5.41) is 0. The lowest BCUT2D eigenvalue weighted by molar-refractivity contribution is 0.626. The molecule has 0 aromatic heterocycles. The van der Waals surface area contributed by atoms with E-state index in [1.807, 2.05) is 36.4 Å². The van der Waals surface area contributed by atoms with Gasteiger partial charge in [-0.05, 0) is 36.2 Å². The largest absolute Gasteiger partial charge is 0.207 e. The van der Waals surface area contributed by atoms with Gasteiger partial charge >= 0.3 is 0 Å². The van der Waals surface area contributed by atoms with Crippen LogP contribution >= 0.6 is 0 Å². The molecule has 0 saturated heterocycles. The predicted octanol–water partition coefficient (Wildman–Crippen LogP) is 4.54. The maximum absolute atomic E-state index is 12.9. The Labute approximate surface area is 113 Å². The SMILES string of the molecule is C=CCC(C#Cc1ccccc1)c1ccc(F)cc1. The molecule has 0 aliphatic rings. The molecule has 0 radical (unpaired) electrons. The summed E-state index contributed by atoms with van der Waals surface area (Å²) in [7, 11) is 0. The second kappa shape index (κ2) is 6.56. The predicted molar refractivity (Wildman–Crippen MR) is 77.3 cm³/mol. The minimum Gasteiger partial charge on any atom is -0.207 e. The normalized spacial score (nSPS) is 11.2. The fourth-order valence-corrected chi connectivity index (χ4v) is 1.83. The average molecular weight is 250 g/mol. The average Bonchev–Trinajstić information content (AvgIpc) is 2.46. The minimum absolute atomic E-state index is 0.0540. The van der Waals surface area contributed by atoms with Gasteiger partial charge in [0.05, 0.1) is 0 Å². The van der Waals surface area contributed by atoms with Crippen molar-refractivity contribution in [1.82, 2.24) is 0 Å². The first-order chi connectivity index (χ1) is 9.29. The number of hydrogen-bond donors (Lipinski definition) is 0. The summed E-state index contributed by atoms with van der Waals surface area (Å²) in [6, 6.07) is 16.3. The van der Waals surface area contributed by atoms with Gasteiger partial charge in [0.1, 0.15) is 5.82 Å². The van der Waals surface area contributed by atoms with Crippen LogP contribution < -0.4 is 0 Å². The molecular formula is C18H15F. The smallest absolute Gasteiger partial charge is 0.123 e. The minimum atomic E-state index is -0.225. The molecule has 0 N–H and O–H groups in total. The van der Waals surface area contributed by atoms with Crippen molar-refractivity contribution >= 4 is 0 Å². The third kappa shape index (κ3) is 3.82. The molecule has 0 nitrogen and oxygen atoms in total. The highest BCUT2D eigenvalue weighted by Crippen LogP contribution is 2.19. The molecule has 2 aromatic carbocycles. The molecule has 0 aliphatic carbocycles. The lowest BCUT2D eigenvalue weighted by Gasteiger charge is -2.08. The Hall–Kier alpha value is -2.33. The van der Waals surface area contributed by atoms with Crippen LogP contribution in [0.4, 0.5) is 4.39 Å². The fraction of sp³-hybridized carbons (Fsp3) is 0.111. The fourth-order valence-electron chi connectivity index (χ4n) is 1.83. The summed E-state index contributed by atoms with van der Waals surface area (Å²) >= 11 is 0. The van der Waals surface area contributed by atoms with E-state index in [-0.39, 0.29) is 11.7 Å². The van der Waals surface area contributed by atoms with E-state index in [1.54, 1.807) is 12.1 Å². The Morgan fingerprint density at radius 2 is 1.74 bits per heavy atom. The van der Waals surface area contributed by atoms with Gasteiger partial charge in [-0.1, -0.05) is 48.2 Å². The summed E-state index contributed by atoms with van der Waals surface area (Å²) in [6.07, 6.45) is 2.60. The molecule has 19 heavy (non-hydrogen) atoms. The first kappa shape index (κ1) is 13.1. The Morgan fingerprint density at radius 1 is 1.05 bits per heavy atom. The molecule has 1 unspecified atom stereocenters. The van der Waals surface area contributed by atoms with Crippen molar-refractivity contribution in [3.05, 3.63) is 84.2 Å². The molecule has 0 bridgehead atoms. The molecule has 0 heterocycles.